The molecule has 0 atom stereocenters. The van der Waals surface area contributed by atoms with Crippen molar-refractivity contribution in [3.05, 3.63) is 40.6 Å². The molecule has 1 aromatic heterocycles. The van der Waals surface area contributed by atoms with Crippen molar-refractivity contribution < 1.29 is 18.3 Å². The van der Waals surface area contributed by atoms with Crippen molar-refractivity contribution in [3.63, 3.8) is 0 Å². The maximum absolute atomic E-state index is 12.6. The topological polar surface area (TPSA) is 86.7 Å². The van der Waals surface area contributed by atoms with Gasteiger partial charge in [-0.25, -0.2) is 8.42 Å². The average molecular weight is 380 g/mol. The van der Waals surface area contributed by atoms with Gasteiger partial charge >= 0.3 is 0 Å². The van der Waals surface area contributed by atoms with Crippen molar-refractivity contribution in [2.24, 2.45) is 0 Å². The Balaban J connectivity index is 1.72. The van der Waals surface area contributed by atoms with E-state index in [1.165, 1.54) is 22.5 Å². The summed E-state index contributed by atoms with van der Waals surface area (Å²) in [7, 11) is -3.59. The first kappa shape index (κ1) is 17.9. The van der Waals surface area contributed by atoms with Crippen molar-refractivity contribution >= 4 is 33.0 Å². The van der Waals surface area contributed by atoms with E-state index in [9.17, 15) is 18.3 Å². The molecule has 134 valence electrons. The summed E-state index contributed by atoms with van der Waals surface area (Å²) in [6, 6.07) is 5.95. The van der Waals surface area contributed by atoms with Gasteiger partial charge in [-0.05, 0) is 59.9 Å². The monoisotopic (exact) mass is 380 g/mol. The number of amides is 1. The van der Waals surface area contributed by atoms with E-state index in [1.54, 1.807) is 11.3 Å². The third-order valence-corrected chi connectivity index (χ3v) is 6.79. The highest BCUT2D eigenvalue weighted by atomic mass is 32.2. The molecule has 0 unspecified atom stereocenters. The number of hydrogen-bond donors (Lipinski definition) is 2. The van der Waals surface area contributed by atoms with Crippen LogP contribution in [0.4, 0.5) is 5.69 Å². The van der Waals surface area contributed by atoms with Gasteiger partial charge in [-0.3, -0.25) is 4.79 Å². The van der Waals surface area contributed by atoms with Gasteiger partial charge in [-0.15, -0.1) is 0 Å². The normalized spacial score (nSPS) is 15.4. The van der Waals surface area contributed by atoms with Crippen LogP contribution in [-0.4, -0.2) is 36.8 Å². The summed E-state index contributed by atoms with van der Waals surface area (Å²) in [6.45, 7) is 1.01. The molecule has 1 aromatic carbocycles. The van der Waals surface area contributed by atoms with Gasteiger partial charge in [-0.1, -0.05) is 0 Å². The van der Waals surface area contributed by atoms with Crippen LogP contribution in [-0.2, 0) is 21.2 Å². The highest BCUT2D eigenvalue weighted by molar-refractivity contribution is 7.89. The molecule has 1 fully saturated rings. The van der Waals surface area contributed by atoms with Crippen molar-refractivity contribution in [3.8, 4) is 5.75 Å². The van der Waals surface area contributed by atoms with Gasteiger partial charge in [0.25, 0.3) is 0 Å². The number of carbonyl (C=O) groups excluding carboxylic acids is 1. The Morgan fingerprint density at radius 1 is 1.24 bits per heavy atom. The Morgan fingerprint density at radius 2 is 2.00 bits per heavy atom. The van der Waals surface area contributed by atoms with Gasteiger partial charge in [0.2, 0.25) is 15.9 Å². The molecule has 0 bridgehead atoms. The molecule has 1 aliphatic rings. The number of phenols is 1. The van der Waals surface area contributed by atoms with Crippen LogP contribution in [0.25, 0.3) is 0 Å². The van der Waals surface area contributed by atoms with E-state index in [0.29, 0.717) is 19.5 Å². The van der Waals surface area contributed by atoms with E-state index in [4.69, 9.17) is 0 Å². The molecular weight excluding hydrogens is 360 g/mol. The van der Waals surface area contributed by atoms with E-state index in [-0.39, 0.29) is 28.7 Å². The lowest BCUT2D eigenvalue weighted by atomic mass is 10.2. The van der Waals surface area contributed by atoms with E-state index < -0.39 is 10.0 Å². The molecule has 8 heteroatoms. The van der Waals surface area contributed by atoms with Crippen LogP contribution in [0, 0.1) is 0 Å². The van der Waals surface area contributed by atoms with E-state index in [2.05, 4.69) is 5.32 Å². The summed E-state index contributed by atoms with van der Waals surface area (Å²) in [5.41, 5.74) is 1.20. The molecular formula is C17H20N2O4S2. The maximum Gasteiger partial charge on any atom is 0.243 e. The average Bonchev–Trinajstić information content (AvgIpc) is 3.28. The number of nitrogens with one attached hydrogen (secondary N) is 1. The van der Waals surface area contributed by atoms with Crippen molar-refractivity contribution in [1.29, 1.82) is 0 Å². The van der Waals surface area contributed by atoms with Crippen LogP contribution >= 0.6 is 11.3 Å². The first-order chi connectivity index (χ1) is 12.0. The molecule has 25 heavy (non-hydrogen) atoms. The fraction of sp³-hybridized carbons (Fsp3) is 0.353. The highest BCUT2D eigenvalue weighted by Gasteiger charge is 2.27. The minimum absolute atomic E-state index is 0.0836. The Kier molecular flexibility index (Phi) is 5.41. The molecule has 1 amide bonds. The van der Waals surface area contributed by atoms with Gasteiger partial charge < -0.3 is 10.4 Å². The molecule has 1 saturated heterocycles. The second kappa shape index (κ2) is 7.55. The Labute approximate surface area is 151 Å². The molecule has 0 saturated carbocycles. The van der Waals surface area contributed by atoms with Gasteiger partial charge in [-0.2, -0.15) is 15.6 Å². The Morgan fingerprint density at radius 3 is 2.68 bits per heavy atom. The second-order valence-corrected chi connectivity index (χ2v) is 8.69. The van der Waals surface area contributed by atoms with Gasteiger partial charge in [0.1, 0.15) is 5.75 Å². The zero-order chi connectivity index (χ0) is 17.9. The number of anilines is 1. The Hall–Kier alpha value is -1.90. The SMILES string of the molecule is O=C(CCc1ccsc1)Nc1cc(S(=O)(=O)N2CCCC2)ccc1O. The summed E-state index contributed by atoms with van der Waals surface area (Å²) >= 11 is 1.57. The van der Waals surface area contributed by atoms with Crippen LogP contribution in [0.2, 0.25) is 0 Å². The summed E-state index contributed by atoms with van der Waals surface area (Å²) in [4.78, 5) is 12.2. The number of hydrogen-bond acceptors (Lipinski definition) is 5. The number of benzene rings is 1. The number of rotatable bonds is 6. The maximum atomic E-state index is 12.6. The standard InChI is InChI=1S/C17H20N2O4S2/c20-16-5-4-14(25(22,23)19-8-1-2-9-19)11-15(16)18-17(21)6-3-13-7-10-24-12-13/h4-5,7,10-12,20H,1-3,6,8-9H2,(H,18,21). The first-order valence-corrected chi connectivity index (χ1v) is 10.5. The smallest absolute Gasteiger partial charge is 0.243 e. The molecule has 1 aliphatic heterocycles. The third kappa shape index (κ3) is 4.20. The number of aromatic hydroxyl groups is 1. The number of nitrogens with zero attached hydrogens (tertiary/aromatic N) is 1. The zero-order valence-corrected chi connectivity index (χ0v) is 15.3. The van der Waals surface area contributed by atoms with E-state index in [0.717, 1.165) is 18.4 Å². The number of thiophene rings is 1. The quantitative estimate of drug-likeness (QED) is 0.755. The van der Waals surface area contributed by atoms with Crippen LogP contribution in [0.3, 0.4) is 0 Å². The van der Waals surface area contributed by atoms with Crippen LogP contribution in [0.15, 0.2) is 39.9 Å². The number of aryl methyl sites for hydroxylation is 1. The van der Waals surface area contributed by atoms with Crippen LogP contribution in [0.1, 0.15) is 24.8 Å². The summed E-state index contributed by atoms with van der Waals surface area (Å²) < 4.78 is 26.6. The zero-order valence-electron chi connectivity index (χ0n) is 13.6. The van der Waals surface area contributed by atoms with Crippen molar-refractivity contribution in [1.82, 2.24) is 4.31 Å². The number of phenolic OH excluding ortho intramolecular Hbond substituents is 1. The van der Waals surface area contributed by atoms with Crippen LogP contribution < -0.4 is 5.32 Å². The van der Waals surface area contributed by atoms with Gasteiger partial charge in [0.05, 0.1) is 10.6 Å². The number of sulfonamides is 1. The Bertz CT molecular complexity index is 842. The molecule has 0 spiro atoms. The molecule has 6 nitrogen and oxygen atoms in total. The van der Waals surface area contributed by atoms with E-state index in [1.807, 2.05) is 16.8 Å². The lowest BCUT2D eigenvalue weighted by Gasteiger charge is -2.16. The van der Waals surface area contributed by atoms with Crippen molar-refractivity contribution in [2.45, 2.75) is 30.6 Å². The fourth-order valence-electron chi connectivity index (χ4n) is 2.76. The van der Waals surface area contributed by atoms with Crippen LogP contribution in [0.5, 0.6) is 5.75 Å². The largest absolute Gasteiger partial charge is 0.506 e. The second-order valence-electron chi connectivity index (χ2n) is 5.97. The summed E-state index contributed by atoms with van der Waals surface area (Å²) in [5.74, 6) is -0.415. The molecule has 2 N–H and O–H groups in total. The minimum Gasteiger partial charge on any atom is -0.506 e. The molecule has 0 radical (unpaired) electrons. The van der Waals surface area contributed by atoms with Crippen molar-refractivity contribution in [2.75, 3.05) is 18.4 Å². The first-order valence-electron chi connectivity index (χ1n) is 8.11. The predicted molar refractivity (Wildman–Crippen MR) is 97.4 cm³/mol. The summed E-state index contributed by atoms with van der Waals surface area (Å²) in [5, 5.41) is 16.5. The number of carbonyl (C=O) groups is 1. The molecule has 2 aromatic rings. The molecule has 0 aliphatic carbocycles. The third-order valence-electron chi connectivity index (χ3n) is 4.17. The fourth-order valence-corrected chi connectivity index (χ4v) is 5.01. The molecule has 3 rings (SSSR count). The molecule has 2 heterocycles. The lowest BCUT2D eigenvalue weighted by Crippen LogP contribution is -2.28. The van der Waals surface area contributed by atoms with Gasteiger partial charge in [0, 0.05) is 19.5 Å². The predicted octanol–water partition coefficient (Wildman–Crippen LogP) is 2.81. The van der Waals surface area contributed by atoms with E-state index >= 15 is 0 Å². The summed E-state index contributed by atoms with van der Waals surface area (Å²) in [6.07, 6.45) is 2.56. The van der Waals surface area contributed by atoms with Gasteiger partial charge in [0.15, 0.2) is 0 Å². The lowest BCUT2D eigenvalue weighted by molar-refractivity contribution is -0.116. The minimum atomic E-state index is -3.59. The highest BCUT2D eigenvalue weighted by Crippen LogP contribution is 2.29.